The molecule has 0 fully saturated rings. The number of rotatable bonds is 13. The number of aromatic nitrogens is 5. The Balaban J connectivity index is 1.37. The van der Waals surface area contributed by atoms with Crippen LogP contribution in [0.5, 0.6) is 11.5 Å². The van der Waals surface area contributed by atoms with Crippen LogP contribution in [0.3, 0.4) is 0 Å². The van der Waals surface area contributed by atoms with Gasteiger partial charge >= 0.3 is 0 Å². The number of aryl methyl sites for hydroxylation is 2. The fourth-order valence-corrected chi connectivity index (χ4v) is 6.32. The van der Waals surface area contributed by atoms with Crippen molar-refractivity contribution in [3.05, 3.63) is 76.3 Å². The van der Waals surface area contributed by atoms with Crippen LogP contribution in [-0.2, 0) is 29.0 Å². The number of phenols is 1. The smallest absolute Gasteiger partial charge is 0.295 e. The van der Waals surface area contributed by atoms with E-state index in [1.54, 1.807) is 28.2 Å². The van der Waals surface area contributed by atoms with Crippen molar-refractivity contribution in [3.63, 3.8) is 0 Å². The molecule has 1 aliphatic rings. The van der Waals surface area contributed by atoms with E-state index in [9.17, 15) is 24.3 Å². The second kappa shape index (κ2) is 14.6. The van der Waals surface area contributed by atoms with Gasteiger partial charge in [0, 0.05) is 38.2 Å². The Morgan fingerprint density at radius 2 is 1.46 bits per heavy atom. The number of hydrogen-bond acceptors (Lipinski definition) is 12. The van der Waals surface area contributed by atoms with E-state index in [0.717, 1.165) is 0 Å². The van der Waals surface area contributed by atoms with Crippen molar-refractivity contribution in [2.45, 2.75) is 59.9 Å². The highest BCUT2D eigenvalue weighted by Gasteiger charge is 2.32. The molecule has 0 bridgehead atoms. The molecule has 0 aliphatic carbocycles. The quantitative estimate of drug-likeness (QED) is 0.109. The summed E-state index contributed by atoms with van der Waals surface area (Å²) in [6, 6.07) is 5.62. The number of nitrogens with two attached hydrogens (primary N) is 2. The molecule has 2 aromatic carbocycles. The average molecular weight is 741 g/mol. The van der Waals surface area contributed by atoms with Gasteiger partial charge in [0.15, 0.2) is 12.1 Å². The van der Waals surface area contributed by atoms with Crippen molar-refractivity contribution in [1.82, 2.24) is 29.0 Å². The van der Waals surface area contributed by atoms with E-state index in [2.05, 4.69) is 25.6 Å². The van der Waals surface area contributed by atoms with E-state index in [4.69, 9.17) is 25.4 Å². The van der Waals surface area contributed by atoms with Gasteiger partial charge in [0.1, 0.15) is 22.5 Å². The van der Waals surface area contributed by atoms with Gasteiger partial charge < -0.3 is 44.5 Å². The third-order valence-electron chi connectivity index (χ3n) is 9.02. The van der Waals surface area contributed by atoms with Gasteiger partial charge in [-0.2, -0.15) is 0 Å². The van der Waals surface area contributed by atoms with Crippen LogP contribution in [0.25, 0.3) is 22.1 Å². The molecule has 18 nitrogen and oxygen atoms in total. The average Bonchev–Trinajstić information content (AvgIpc) is 3.87. The number of aromatic hydroxyl groups is 1. The number of hydrogen-bond donors (Lipinski definition) is 5. The van der Waals surface area contributed by atoms with Crippen LogP contribution in [0.4, 0.5) is 11.9 Å². The molecule has 1 atom stereocenters. The minimum absolute atomic E-state index is 0.0326. The van der Waals surface area contributed by atoms with Crippen LogP contribution >= 0.6 is 0 Å². The molecule has 282 valence electrons. The van der Waals surface area contributed by atoms with Gasteiger partial charge in [0.2, 0.25) is 35.2 Å². The monoisotopic (exact) mass is 740 g/mol. The van der Waals surface area contributed by atoms with Crippen molar-refractivity contribution >= 4 is 57.6 Å². The fraction of sp³-hybridized carbons (Fsp3) is 0.306. The van der Waals surface area contributed by atoms with E-state index in [1.165, 1.54) is 31.4 Å². The second-order valence-corrected chi connectivity index (χ2v) is 12.4. The zero-order valence-corrected chi connectivity index (χ0v) is 30.5. The number of oxazole rings is 1. The second-order valence-electron chi connectivity index (χ2n) is 12.4. The first-order chi connectivity index (χ1) is 25.8. The largest absolute Gasteiger partial charge is 0.506 e. The Kier molecular flexibility index (Phi) is 10.0. The van der Waals surface area contributed by atoms with Gasteiger partial charge in [0.25, 0.3) is 11.8 Å². The van der Waals surface area contributed by atoms with E-state index in [0.29, 0.717) is 41.2 Å². The van der Waals surface area contributed by atoms with Crippen molar-refractivity contribution in [2.75, 3.05) is 24.8 Å². The fourth-order valence-electron chi connectivity index (χ4n) is 6.32. The summed E-state index contributed by atoms with van der Waals surface area (Å²) in [6.45, 7) is 7.41. The molecule has 18 heteroatoms. The van der Waals surface area contributed by atoms with E-state index in [-0.39, 0.29) is 76.4 Å². The maximum absolute atomic E-state index is 13.5. The lowest BCUT2D eigenvalue weighted by Gasteiger charge is -2.17. The molecule has 0 saturated heterocycles. The van der Waals surface area contributed by atoms with Gasteiger partial charge in [-0.1, -0.05) is 26.0 Å². The molecule has 54 heavy (non-hydrogen) atoms. The number of nitrogens with zero attached hydrogens (tertiary/aromatic N) is 6. The predicted octanol–water partition coefficient (Wildman–Crippen LogP) is 3.53. The molecule has 0 radical (unpaired) electrons. The van der Waals surface area contributed by atoms with E-state index in [1.807, 2.05) is 32.7 Å². The number of methoxy groups -OCH3 is 1. The summed E-state index contributed by atoms with van der Waals surface area (Å²) in [6.07, 6.45) is 4.15. The topological polar surface area (TPSA) is 248 Å². The molecular formula is C36H40N10O8. The van der Waals surface area contributed by atoms with Gasteiger partial charge in [-0.05, 0) is 44.0 Å². The van der Waals surface area contributed by atoms with Crippen LogP contribution in [0.2, 0.25) is 0 Å². The summed E-state index contributed by atoms with van der Waals surface area (Å²) >= 11 is 0. The Hall–Kier alpha value is -6.85. The highest BCUT2D eigenvalue weighted by molar-refractivity contribution is 6.05. The molecular weight excluding hydrogens is 700 g/mol. The molecule has 3 aromatic heterocycles. The van der Waals surface area contributed by atoms with Crippen LogP contribution in [-0.4, -0.2) is 78.1 Å². The molecule has 0 saturated carbocycles. The third kappa shape index (κ3) is 6.75. The maximum Gasteiger partial charge on any atom is 0.295 e. The number of carbonyl (C=O) groups excluding carboxylic acids is 4. The van der Waals surface area contributed by atoms with Crippen molar-refractivity contribution < 1.29 is 38.2 Å². The number of phenolic OH excluding ortho intramolecular Hbond substituents is 1. The first kappa shape index (κ1) is 36.9. The molecule has 0 spiro atoms. The lowest BCUT2D eigenvalue weighted by molar-refractivity contribution is -0.116. The maximum atomic E-state index is 13.5. The summed E-state index contributed by atoms with van der Waals surface area (Å²) in [5.41, 5.74) is 13.7. The van der Waals surface area contributed by atoms with Crippen LogP contribution < -0.4 is 26.8 Å². The molecule has 6 rings (SSSR count). The third-order valence-corrected chi connectivity index (χ3v) is 9.02. The highest BCUT2D eigenvalue weighted by Crippen LogP contribution is 2.33. The first-order valence-corrected chi connectivity index (χ1v) is 17.0. The van der Waals surface area contributed by atoms with Gasteiger partial charge in [0.05, 0.1) is 29.5 Å². The number of amides is 4. The Morgan fingerprint density at radius 1 is 0.889 bits per heavy atom. The highest BCUT2D eigenvalue weighted by atomic mass is 16.5. The Bertz CT molecular complexity index is 2400. The number of fused-ring (bicyclic) bond motifs is 2. The molecule has 1 unspecified atom stereocenters. The predicted molar refractivity (Wildman–Crippen MR) is 197 cm³/mol. The van der Waals surface area contributed by atoms with E-state index >= 15 is 0 Å². The van der Waals surface area contributed by atoms with Crippen LogP contribution in [0, 0.1) is 6.92 Å². The number of benzene rings is 2. The summed E-state index contributed by atoms with van der Waals surface area (Å²) in [4.78, 5) is 66.3. The minimum Gasteiger partial charge on any atom is -0.506 e. The lowest BCUT2D eigenvalue weighted by atomic mass is 10.1. The molecule has 4 amide bonds. The van der Waals surface area contributed by atoms with E-state index < -0.39 is 23.6 Å². The summed E-state index contributed by atoms with van der Waals surface area (Å²) in [7, 11) is 3.26. The Labute approximate surface area is 308 Å². The lowest BCUT2D eigenvalue weighted by Crippen LogP contribution is -2.23. The van der Waals surface area contributed by atoms with Crippen molar-refractivity contribution in [1.29, 1.82) is 0 Å². The molecule has 1 aliphatic heterocycles. The van der Waals surface area contributed by atoms with Crippen molar-refractivity contribution in [3.8, 4) is 11.5 Å². The molecule has 5 aromatic rings. The number of primary amides is 2. The SMILES string of the molecule is CCC1=C(C(=O)Nc2nc3cc(C(N)=O)cc(O)c3n2C/C=C/Cn2c(NC(=O)c3oc(C)nc3CC)nc3cc(C(N)=O)cc(OC)c32)OC(C)N1C. The zero-order valence-electron chi connectivity index (χ0n) is 30.5. The minimum atomic E-state index is -0.764. The number of allylic oxidation sites excluding steroid dienone is 3. The molecule has 4 heterocycles. The van der Waals surface area contributed by atoms with Crippen LogP contribution in [0.15, 0.2) is 52.3 Å². The van der Waals surface area contributed by atoms with Crippen molar-refractivity contribution in [2.24, 2.45) is 11.5 Å². The summed E-state index contributed by atoms with van der Waals surface area (Å²) in [5.74, 6) is -1.87. The first-order valence-electron chi connectivity index (χ1n) is 17.0. The molecule has 7 N–H and O–H groups in total. The van der Waals surface area contributed by atoms with Crippen LogP contribution in [0.1, 0.15) is 70.0 Å². The standard InChI is InChI=1S/C36H40N10O8/c1-7-21-29(53-17(3)39-21)33(50)42-36-41-23-14-20(32(38)49)16-26(52-6)28(23)46(36)12-10-9-11-45-27-22(13-19(31(37)48)15-25(27)47)40-35(45)43-34(51)30-24(8-2)44(5)18(4)54-30/h9-10,13-16,18,47H,7-8,11-12H2,1-6H3,(H2,37,48)(H2,38,49)(H,40,43,51)(H,41,42,50)/b10-9+. The summed E-state index contributed by atoms with van der Waals surface area (Å²) in [5, 5.41) is 16.6. The van der Waals surface area contributed by atoms with Gasteiger partial charge in [-0.15, -0.1) is 0 Å². The summed E-state index contributed by atoms with van der Waals surface area (Å²) < 4.78 is 20.3. The Morgan fingerprint density at radius 3 is 2.04 bits per heavy atom. The number of ether oxygens (including phenoxy) is 2. The number of carbonyl (C=O) groups is 4. The number of nitrogens with one attached hydrogen (secondary N) is 2. The van der Waals surface area contributed by atoms with Gasteiger partial charge in [-0.25, -0.2) is 15.0 Å². The normalized spacial score (nSPS) is 14.3. The van der Waals surface area contributed by atoms with Gasteiger partial charge in [-0.3, -0.25) is 29.8 Å². The zero-order chi connectivity index (χ0) is 39.0. The number of imidazole rings is 2. The number of anilines is 2.